The molecule has 1 saturated heterocycles. The molecule has 1 aromatic rings. The van der Waals surface area contributed by atoms with Crippen LogP contribution < -0.4 is 0 Å². The molecule has 0 spiro atoms. The standard InChI is InChI=1S/C14H17BrN2O3/c1-2-20-14(19)10-4-7-17(8-5-10)13(18)11-3-6-16-12(15)9-11/h3,6,9-10H,2,4-5,7-8H2,1H3. The first kappa shape index (κ1) is 15.0. The Morgan fingerprint density at radius 3 is 2.75 bits per heavy atom. The molecule has 0 aliphatic carbocycles. The van der Waals surface area contributed by atoms with E-state index in [0.717, 1.165) is 0 Å². The van der Waals surface area contributed by atoms with Gasteiger partial charge in [-0.1, -0.05) is 0 Å². The van der Waals surface area contributed by atoms with Gasteiger partial charge in [0.25, 0.3) is 5.91 Å². The number of hydrogen-bond acceptors (Lipinski definition) is 4. The number of carbonyl (C=O) groups is 2. The van der Waals surface area contributed by atoms with E-state index in [1.807, 2.05) is 0 Å². The Balaban J connectivity index is 1.93. The van der Waals surface area contributed by atoms with Gasteiger partial charge in [0.15, 0.2) is 0 Å². The normalized spacial score (nSPS) is 16.0. The van der Waals surface area contributed by atoms with Crippen LogP contribution in [-0.2, 0) is 9.53 Å². The van der Waals surface area contributed by atoms with Gasteiger partial charge in [0.1, 0.15) is 4.60 Å². The molecule has 6 heteroatoms. The first-order chi connectivity index (χ1) is 9.61. The third kappa shape index (κ3) is 3.56. The number of halogens is 1. The Labute approximate surface area is 126 Å². The number of nitrogens with zero attached hydrogens (tertiary/aromatic N) is 2. The second kappa shape index (κ2) is 6.83. The number of piperidine rings is 1. The SMILES string of the molecule is CCOC(=O)C1CCN(C(=O)c2ccnc(Br)c2)CC1. The fraction of sp³-hybridized carbons (Fsp3) is 0.500. The summed E-state index contributed by atoms with van der Waals surface area (Å²) in [5, 5.41) is 0. The number of amides is 1. The molecule has 0 unspecified atom stereocenters. The molecular weight excluding hydrogens is 324 g/mol. The summed E-state index contributed by atoms with van der Waals surface area (Å²) in [6.07, 6.45) is 2.93. The van der Waals surface area contributed by atoms with Crippen molar-refractivity contribution < 1.29 is 14.3 Å². The third-order valence-electron chi connectivity index (χ3n) is 3.38. The summed E-state index contributed by atoms with van der Waals surface area (Å²) in [7, 11) is 0. The maximum Gasteiger partial charge on any atom is 0.309 e. The summed E-state index contributed by atoms with van der Waals surface area (Å²) in [5.41, 5.74) is 0.612. The molecule has 0 aromatic carbocycles. The molecule has 0 radical (unpaired) electrons. The Kier molecular flexibility index (Phi) is 5.11. The fourth-order valence-corrected chi connectivity index (χ4v) is 2.66. The number of carbonyl (C=O) groups excluding carboxylic acids is 2. The van der Waals surface area contributed by atoms with E-state index in [1.165, 1.54) is 0 Å². The average molecular weight is 341 g/mol. The number of hydrogen-bond donors (Lipinski definition) is 0. The van der Waals surface area contributed by atoms with Crippen LogP contribution in [0, 0.1) is 5.92 Å². The van der Waals surface area contributed by atoms with Crippen molar-refractivity contribution in [2.75, 3.05) is 19.7 Å². The lowest BCUT2D eigenvalue weighted by molar-refractivity contribution is -0.149. The molecule has 1 aliphatic heterocycles. The maximum absolute atomic E-state index is 12.3. The zero-order valence-corrected chi connectivity index (χ0v) is 12.9. The number of pyridine rings is 1. The van der Waals surface area contributed by atoms with Crippen LogP contribution in [0.4, 0.5) is 0 Å². The molecular formula is C14H17BrN2O3. The highest BCUT2D eigenvalue weighted by molar-refractivity contribution is 9.10. The molecule has 108 valence electrons. The van der Waals surface area contributed by atoms with E-state index in [2.05, 4.69) is 20.9 Å². The molecule has 1 fully saturated rings. The molecule has 2 heterocycles. The maximum atomic E-state index is 12.3. The number of likely N-dealkylation sites (tertiary alicyclic amines) is 1. The quantitative estimate of drug-likeness (QED) is 0.625. The molecule has 2 rings (SSSR count). The highest BCUT2D eigenvalue weighted by atomic mass is 79.9. The summed E-state index contributed by atoms with van der Waals surface area (Å²) in [4.78, 5) is 29.7. The van der Waals surface area contributed by atoms with Crippen molar-refractivity contribution in [1.29, 1.82) is 0 Å². The summed E-state index contributed by atoms with van der Waals surface area (Å²) >= 11 is 3.26. The number of esters is 1. The lowest BCUT2D eigenvalue weighted by Crippen LogP contribution is -2.40. The first-order valence-electron chi connectivity index (χ1n) is 6.69. The van der Waals surface area contributed by atoms with Crippen molar-refractivity contribution in [3.63, 3.8) is 0 Å². The second-order valence-corrected chi connectivity index (χ2v) is 5.50. The predicted octanol–water partition coefficient (Wildman–Crippen LogP) is 2.26. The zero-order chi connectivity index (χ0) is 14.5. The summed E-state index contributed by atoms with van der Waals surface area (Å²) in [5.74, 6) is -0.246. The minimum atomic E-state index is -0.147. The van der Waals surface area contributed by atoms with Gasteiger partial charge in [-0.05, 0) is 47.8 Å². The smallest absolute Gasteiger partial charge is 0.309 e. The van der Waals surface area contributed by atoms with Crippen molar-refractivity contribution in [1.82, 2.24) is 9.88 Å². The Morgan fingerprint density at radius 2 is 2.15 bits per heavy atom. The topological polar surface area (TPSA) is 59.5 Å². The van der Waals surface area contributed by atoms with E-state index in [-0.39, 0.29) is 17.8 Å². The molecule has 0 saturated carbocycles. The largest absolute Gasteiger partial charge is 0.466 e. The summed E-state index contributed by atoms with van der Waals surface area (Å²) in [6, 6.07) is 3.41. The molecule has 20 heavy (non-hydrogen) atoms. The van der Waals surface area contributed by atoms with Gasteiger partial charge in [0, 0.05) is 24.8 Å². The van der Waals surface area contributed by atoms with Crippen LogP contribution in [0.25, 0.3) is 0 Å². The van der Waals surface area contributed by atoms with Crippen molar-refractivity contribution in [3.8, 4) is 0 Å². The van der Waals surface area contributed by atoms with Gasteiger partial charge in [-0.25, -0.2) is 4.98 Å². The van der Waals surface area contributed by atoms with Crippen LogP contribution in [-0.4, -0.2) is 41.5 Å². The van der Waals surface area contributed by atoms with E-state index in [0.29, 0.717) is 42.7 Å². The van der Waals surface area contributed by atoms with Crippen molar-refractivity contribution in [3.05, 3.63) is 28.5 Å². The van der Waals surface area contributed by atoms with Crippen LogP contribution in [0.15, 0.2) is 22.9 Å². The number of aromatic nitrogens is 1. The van der Waals surface area contributed by atoms with Gasteiger partial charge in [-0.15, -0.1) is 0 Å². The van der Waals surface area contributed by atoms with Crippen LogP contribution in [0.3, 0.4) is 0 Å². The van der Waals surface area contributed by atoms with Crippen molar-refractivity contribution in [2.45, 2.75) is 19.8 Å². The molecule has 0 N–H and O–H groups in total. The predicted molar refractivity (Wildman–Crippen MR) is 77.2 cm³/mol. The van der Waals surface area contributed by atoms with Crippen LogP contribution >= 0.6 is 15.9 Å². The van der Waals surface area contributed by atoms with Gasteiger partial charge in [0.05, 0.1) is 12.5 Å². The average Bonchev–Trinajstić information content (AvgIpc) is 2.47. The van der Waals surface area contributed by atoms with Crippen LogP contribution in [0.5, 0.6) is 0 Å². The minimum absolute atomic E-state index is 0.0181. The lowest BCUT2D eigenvalue weighted by atomic mass is 9.96. The Bertz CT molecular complexity index is 499. The number of ether oxygens (including phenoxy) is 1. The van der Waals surface area contributed by atoms with E-state index >= 15 is 0 Å². The van der Waals surface area contributed by atoms with Gasteiger partial charge in [0.2, 0.25) is 0 Å². The van der Waals surface area contributed by atoms with Gasteiger partial charge in [-0.3, -0.25) is 9.59 Å². The van der Waals surface area contributed by atoms with E-state index < -0.39 is 0 Å². The second-order valence-electron chi connectivity index (χ2n) is 4.69. The minimum Gasteiger partial charge on any atom is -0.466 e. The van der Waals surface area contributed by atoms with E-state index in [4.69, 9.17) is 4.74 Å². The summed E-state index contributed by atoms with van der Waals surface area (Å²) < 4.78 is 5.66. The first-order valence-corrected chi connectivity index (χ1v) is 7.48. The van der Waals surface area contributed by atoms with Crippen molar-refractivity contribution in [2.24, 2.45) is 5.92 Å². The number of rotatable bonds is 3. The third-order valence-corrected chi connectivity index (χ3v) is 3.81. The highest BCUT2D eigenvalue weighted by Gasteiger charge is 2.28. The molecule has 5 nitrogen and oxygen atoms in total. The molecule has 1 aliphatic rings. The molecule has 0 atom stereocenters. The van der Waals surface area contributed by atoms with Crippen LogP contribution in [0.2, 0.25) is 0 Å². The highest BCUT2D eigenvalue weighted by Crippen LogP contribution is 2.21. The van der Waals surface area contributed by atoms with Crippen LogP contribution in [0.1, 0.15) is 30.1 Å². The Morgan fingerprint density at radius 1 is 1.45 bits per heavy atom. The summed E-state index contributed by atoms with van der Waals surface area (Å²) in [6.45, 7) is 3.38. The zero-order valence-electron chi connectivity index (χ0n) is 11.3. The van der Waals surface area contributed by atoms with Gasteiger partial charge >= 0.3 is 5.97 Å². The lowest BCUT2D eigenvalue weighted by Gasteiger charge is -2.30. The van der Waals surface area contributed by atoms with E-state index in [1.54, 1.807) is 30.2 Å². The van der Waals surface area contributed by atoms with Gasteiger partial charge in [-0.2, -0.15) is 0 Å². The van der Waals surface area contributed by atoms with Gasteiger partial charge < -0.3 is 9.64 Å². The molecule has 1 aromatic heterocycles. The fourth-order valence-electron chi connectivity index (χ4n) is 2.30. The molecule has 1 amide bonds. The van der Waals surface area contributed by atoms with E-state index in [9.17, 15) is 9.59 Å². The molecule has 0 bridgehead atoms. The Hall–Kier alpha value is -1.43. The van der Waals surface area contributed by atoms with Crippen molar-refractivity contribution >= 4 is 27.8 Å². The monoisotopic (exact) mass is 340 g/mol.